The van der Waals surface area contributed by atoms with Crippen molar-refractivity contribution in [3.63, 3.8) is 0 Å². The number of fused-ring (bicyclic) bond motifs is 1. The summed E-state index contributed by atoms with van der Waals surface area (Å²) < 4.78 is 14.3. The lowest BCUT2D eigenvalue weighted by atomic mass is 10.2. The first-order chi connectivity index (χ1) is 13.5. The zero-order valence-corrected chi connectivity index (χ0v) is 14.9. The number of carbonyl (C=O) groups is 2. The molecule has 2 aromatic carbocycles. The first-order valence-electron chi connectivity index (χ1n) is 8.62. The van der Waals surface area contributed by atoms with Crippen LogP contribution in [0.5, 0.6) is 0 Å². The normalized spacial score (nSPS) is 10.8. The standard InChI is InChI=1S/C19H18FN5O3/c20-13-5-7-14(8-6-13)24(11-9-17(21)26)18(27)10-12-25-19(28)15-3-1-2-4-16(15)22-23-25/h1-8H,9-12H2,(H2,21,26). The topological polar surface area (TPSA) is 111 Å². The second kappa shape index (κ2) is 8.38. The van der Waals surface area contributed by atoms with E-state index in [-0.39, 0.29) is 37.4 Å². The summed E-state index contributed by atoms with van der Waals surface area (Å²) in [6, 6.07) is 12.1. The van der Waals surface area contributed by atoms with Gasteiger partial charge in [-0.25, -0.2) is 9.07 Å². The number of benzene rings is 2. The van der Waals surface area contributed by atoms with Crippen molar-refractivity contribution < 1.29 is 14.0 Å². The number of aryl methyl sites for hydroxylation is 1. The fraction of sp³-hybridized carbons (Fsp3) is 0.211. The molecule has 0 aliphatic carbocycles. The van der Waals surface area contributed by atoms with Gasteiger partial charge in [0.1, 0.15) is 11.3 Å². The zero-order chi connectivity index (χ0) is 20.1. The molecule has 0 saturated heterocycles. The highest BCUT2D eigenvalue weighted by atomic mass is 19.1. The summed E-state index contributed by atoms with van der Waals surface area (Å²) in [6.07, 6.45) is -0.0953. The Bertz CT molecular complexity index is 1070. The van der Waals surface area contributed by atoms with Gasteiger partial charge in [0.2, 0.25) is 11.8 Å². The molecule has 0 aliphatic heterocycles. The maximum absolute atomic E-state index is 13.2. The Hall–Kier alpha value is -3.62. The minimum Gasteiger partial charge on any atom is -0.370 e. The Morgan fingerprint density at radius 3 is 2.50 bits per heavy atom. The summed E-state index contributed by atoms with van der Waals surface area (Å²) in [5.41, 5.74) is 5.75. The van der Waals surface area contributed by atoms with Crippen LogP contribution in [0.2, 0.25) is 0 Å². The smallest absolute Gasteiger partial charge is 0.277 e. The van der Waals surface area contributed by atoms with Crippen molar-refractivity contribution >= 4 is 28.4 Å². The maximum Gasteiger partial charge on any atom is 0.277 e. The third-order valence-corrected chi connectivity index (χ3v) is 4.19. The van der Waals surface area contributed by atoms with Gasteiger partial charge in [-0.1, -0.05) is 17.3 Å². The van der Waals surface area contributed by atoms with Gasteiger partial charge in [0.15, 0.2) is 0 Å². The summed E-state index contributed by atoms with van der Waals surface area (Å²) in [5.74, 6) is -1.35. The number of anilines is 1. The predicted molar refractivity (Wildman–Crippen MR) is 101 cm³/mol. The van der Waals surface area contributed by atoms with E-state index in [0.717, 1.165) is 4.68 Å². The molecule has 0 saturated carbocycles. The molecule has 28 heavy (non-hydrogen) atoms. The molecule has 0 spiro atoms. The summed E-state index contributed by atoms with van der Waals surface area (Å²) in [6.45, 7) is 0.0713. The van der Waals surface area contributed by atoms with Crippen LogP contribution in [0.15, 0.2) is 53.3 Å². The van der Waals surface area contributed by atoms with Crippen molar-refractivity contribution in [2.24, 2.45) is 5.73 Å². The lowest BCUT2D eigenvalue weighted by molar-refractivity contribution is -0.119. The van der Waals surface area contributed by atoms with Crippen LogP contribution >= 0.6 is 0 Å². The van der Waals surface area contributed by atoms with Gasteiger partial charge >= 0.3 is 0 Å². The van der Waals surface area contributed by atoms with Gasteiger partial charge < -0.3 is 10.6 Å². The fourth-order valence-corrected chi connectivity index (χ4v) is 2.75. The van der Waals surface area contributed by atoms with Gasteiger partial charge in [0.05, 0.1) is 11.9 Å². The van der Waals surface area contributed by atoms with E-state index in [9.17, 15) is 18.8 Å². The van der Waals surface area contributed by atoms with E-state index >= 15 is 0 Å². The highest BCUT2D eigenvalue weighted by Crippen LogP contribution is 2.16. The lowest BCUT2D eigenvalue weighted by Crippen LogP contribution is -2.35. The van der Waals surface area contributed by atoms with Crippen molar-refractivity contribution in [3.05, 3.63) is 64.7 Å². The summed E-state index contributed by atoms with van der Waals surface area (Å²) in [7, 11) is 0. The average molecular weight is 383 g/mol. The molecule has 3 rings (SSSR count). The Morgan fingerprint density at radius 2 is 1.79 bits per heavy atom. The van der Waals surface area contributed by atoms with Crippen molar-refractivity contribution in [3.8, 4) is 0 Å². The quantitative estimate of drug-likeness (QED) is 0.660. The molecule has 8 nitrogen and oxygen atoms in total. The van der Waals surface area contributed by atoms with Crippen LogP contribution < -0.4 is 16.2 Å². The third kappa shape index (κ3) is 4.37. The first kappa shape index (κ1) is 19.2. The summed E-state index contributed by atoms with van der Waals surface area (Å²) >= 11 is 0. The monoisotopic (exact) mass is 383 g/mol. The predicted octanol–water partition coefficient (Wildman–Crippen LogP) is 1.23. The molecule has 144 valence electrons. The minimum atomic E-state index is -0.559. The van der Waals surface area contributed by atoms with Crippen LogP contribution in [0.1, 0.15) is 12.8 Å². The molecule has 0 unspecified atom stereocenters. The van der Waals surface area contributed by atoms with Gasteiger partial charge in [-0.05, 0) is 36.4 Å². The summed E-state index contributed by atoms with van der Waals surface area (Å²) in [5, 5.41) is 8.24. The van der Waals surface area contributed by atoms with Crippen LogP contribution in [0.4, 0.5) is 10.1 Å². The van der Waals surface area contributed by atoms with Crippen LogP contribution in [-0.4, -0.2) is 33.4 Å². The number of aromatic nitrogens is 3. The number of primary amides is 1. The van der Waals surface area contributed by atoms with Crippen LogP contribution in [0, 0.1) is 5.82 Å². The van der Waals surface area contributed by atoms with E-state index < -0.39 is 11.7 Å². The Labute approximate surface area is 159 Å². The number of carbonyl (C=O) groups excluding carboxylic acids is 2. The van der Waals surface area contributed by atoms with Gasteiger partial charge in [-0.15, -0.1) is 5.10 Å². The van der Waals surface area contributed by atoms with Crippen molar-refractivity contribution in [1.82, 2.24) is 15.0 Å². The Kier molecular flexibility index (Phi) is 5.73. The molecule has 1 aromatic heterocycles. The number of hydrogen-bond donors (Lipinski definition) is 1. The zero-order valence-electron chi connectivity index (χ0n) is 14.9. The molecular formula is C19H18FN5O3. The van der Waals surface area contributed by atoms with Gasteiger partial charge in [0.25, 0.3) is 5.56 Å². The van der Waals surface area contributed by atoms with E-state index in [1.54, 1.807) is 24.3 Å². The highest BCUT2D eigenvalue weighted by Gasteiger charge is 2.17. The average Bonchev–Trinajstić information content (AvgIpc) is 2.69. The van der Waals surface area contributed by atoms with Crippen molar-refractivity contribution in [2.75, 3.05) is 11.4 Å². The molecule has 2 amide bonds. The van der Waals surface area contributed by atoms with Crippen LogP contribution in [0.3, 0.4) is 0 Å². The second-order valence-electron chi connectivity index (χ2n) is 6.12. The van der Waals surface area contributed by atoms with Crippen LogP contribution in [0.25, 0.3) is 10.9 Å². The number of hydrogen-bond acceptors (Lipinski definition) is 5. The number of nitrogens with zero attached hydrogens (tertiary/aromatic N) is 4. The van der Waals surface area contributed by atoms with Gasteiger partial charge in [0, 0.05) is 25.1 Å². The van der Waals surface area contributed by atoms with Gasteiger partial charge in [-0.2, -0.15) is 0 Å². The number of nitrogens with two attached hydrogens (primary N) is 1. The Balaban J connectivity index is 1.78. The number of rotatable bonds is 7. The van der Waals surface area contributed by atoms with E-state index in [2.05, 4.69) is 10.3 Å². The second-order valence-corrected chi connectivity index (χ2v) is 6.12. The van der Waals surface area contributed by atoms with E-state index in [0.29, 0.717) is 16.6 Å². The molecule has 9 heteroatoms. The van der Waals surface area contributed by atoms with E-state index in [1.807, 2.05) is 0 Å². The SMILES string of the molecule is NC(=O)CCN(C(=O)CCn1nnc2ccccc2c1=O)c1ccc(F)cc1. The largest absolute Gasteiger partial charge is 0.370 e. The molecule has 0 fully saturated rings. The molecular weight excluding hydrogens is 365 g/mol. The molecule has 0 aliphatic rings. The molecule has 0 radical (unpaired) electrons. The van der Waals surface area contributed by atoms with E-state index in [1.165, 1.54) is 29.2 Å². The van der Waals surface area contributed by atoms with Gasteiger partial charge in [-0.3, -0.25) is 14.4 Å². The Morgan fingerprint density at radius 1 is 1.07 bits per heavy atom. The molecule has 1 heterocycles. The number of amides is 2. The summed E-state index contributed by atoms with van der Waals surface area (Å²) in [4.78, 5) is 37.6. The van der Waals surface area contributed by atoms with E-state index in [4.69, 9.17) is 5.73 Å². The lowest BCUT2D eigenvalue weighted by Gasteiger charge is -2.22. The minimum absolute atomic E-state index is 0.0176. The van der Waals surface area contributed by atoms with Crippen LogP contribution in [-0.2, 0) is 16.1 Å². The molecule has 0 bridgehead atoms. The molecule has 3 aromatic rings. The molecule has 0 atom stereocenters. The number of halogens is 1. The first-order valence-corrected chi connectivity index (χ1v) is 8.62. The highest BCUT2D eigenvalue weighted by molar-refractivity contribution is 5.94. The molecule has 2 N–H and O–H groups in total. The van der Waals surface area contributed by atoms with Crippen molar-refractivity contribution in [1.29, 1.82) is 0 Å². The third-order valence-electron chi connectivity index (χ3n) is 4.19. The fourth-order valence-electron chi connectivity index (χ4n) is 2.75. The maximum atomic E-state index is 13.2. The van der Waals surface area contributed by atoms with Crippen molar-refractivity contribution in [2.45, 2.75) is 19.4 Å².